The van der Waals surface area contributed by atoms with Crippen LogP contribution in [0, 0.1) is 10.1 Å². The highest BCUT2D eigenvalue weighted by molar-refractivity contribution is 5.85. The van der Waals surface area contributed by atoms with Crippen molar-refractivity contribution in [3.05, 3.63) is 27.8 Å². The summed E-state index contributed by atoms with van der Waals surface area (Å²) in [5, 5.41) is 24.1. The van der Waals surface area contributed by atoms with E-state index in [0.29, 0.717) is 26.2 Å². The third-order valence-corrected chi connectivity index (χ3v) is 3.62. The van der Waals surface area contributed by atoms with Gasteiger partial charge in [0.2, 0.25) is 0 Å². The molecule has 1 saturated heterocycles. The van der Waals surface area contributed by atoms with Crippen LogP contribution in [0.4, 0.5) is 14.5 Å². The molecule has 2 N–H and O–H groups in total. The van der Waals surface area contributed by atoms with Crippen LogP contribution in [0.2, 0.25) is 0 Å². The van der Waals surface area contributed by atoms with Gasteiger partial charge in [-0.25, -0.2) is 8.78 Å². The minimum absolute atomic E-state index is 0. The Morgan fingerprint density at radius 2 is 1.92 bits per heavy atom. The lowest BCUT2D eigenvalue weighted by Gasteiger charge is -2.34. The molecule has 0 unspecified atom stereocenters. The molecule has 1 aliphatic heterocycles. The molecule has 0 bridgehead atoms. The molecule has 1 atom stereocenters. The number of ether oxygens (including phenoxy) is 1. The average Bonchev–Trinajstić information content (AvgIpc) is 2.49. The first-order valence-electron chi connectivity index (χ1n) is 6.74. The zero-order valence-electron chi connectivity index (χ0n) is 12.8. The van der Waals surface area contributed by atoms with Crippen molar-refractivity contribution in [3.63, 3.8) is 0 Å². The molecule has 0 aliphatic carbocycles. The number of nitro groups is 1. The van der Waals surface area contributed by atoms with E-state index >= 15 is 0 Å². The van der Waals surface area contributed by atoms with Crippen LogP contribution in [-0.2, 0) is 0 Å². The van der Waals surface area contributed by atoms with Crippen LogP contribution in [0.5, 0.6) is 11.5 Å². The van der Waals surface area contributed by atoms with Gasteiger partial charge in [-0.05, 0) is 0 Å². The predicted octanol–water partition coefficient (Wildman–Crippen LogP) is 2.36. The van der Waals surface area contributed by atoms with Crippen LogP contribution in [0.15, 0.2) is 12.1 Å². The molecule has 1 aliphatic rings. The number of hydrogen-bond donors (Lipinski definition) is 2. The fourth-order valence-corrected chi connectivity index (χ4v) is 2.55. The van der Waals surface area contributed by atoms with E-state index in [1.807, 2.05) is 0 Å². The fourth-order valence-electron chi connectivity index (χ4n) is 2.55. The first-order valence-corrected chi connectivity index (χ1v) is 6.74. The van der Waals surface area contributed by atoms with Gasteiger partial charge in [0, 0.05) is 37.8 Å². The Morgan fingerprint density at radius 3 is 2.38 bits per heavy atom. The van der Waals surface area contributed by atoms with E-state index in [4.69, 9.17) is 4.74 Å². The van der Waals surface area contributed by atoms with Crippen LogP contribution < -0.4 is 10.1 Å². The van der Waals surface area contributed by atoms with Crippen LogP contribution in [-0.4, -0.2) is 54.6 Å². The second kappa shape index (κ2) is 9.77. The fraction of sp³-hybridized carbons (Fsp3) is 0.538. The molecular formula is C13H19Cl2F2N3O4. The number of piperazine rings is 1. The number of phenolic OH excluding ortho intramolecular Hbond substituents is 1. The average molecular weight is 390 g/mol. The first-order chi connectivity index (χ1) is 10.5. The number of nitrogens with one attached hydrogen (secondary N) is 1. The minimum Gasteiger partial charge on any atom is -0.504 e. The molecular weight excluding hydrogens is 371 g/mol. The van der Waals surface area contributed by atoms with E-state index < -0.39 is 28.8 Å². The number of alkyl halides is 2. The van der Waals surface area contributed by atoms with Gasteiger partial charge >= 0.3 is 0 Å². The van der Waals surface area contributed by atoms with Crippen molar-refractivity contribution >= 4 is 30.5 Å². The summed E-state index contributed by atoms with van der Waals surface area (Å²) in [5.74, 6) is -0.679. The van der Waals surface area contributed by atoms with Crippen molar-refractivity contribution in [3.8, 4) is 11.5 Å². The lowest BCUT2D eigenvalue weighted by Crippen LogP contribution is -2.46. The Bertz CT molecular complexity index is 560. The van der Waals surface area contributed by atoms with Gasteiger partial charge in [0.1, 0.15) is 6.04 Å². The summed E-state index contributed by atoms with van der Waals surface area (Å²) >= 11 is 0. The summed E-state index contributed by atoms with van der Waals surface area (Å²) in [6.07, 6.45) is -2.80. The van der Waals surface area contributed by atoms with E-state index in [9.17, 15) is 24.0 Å². The van der Waals surface area contributed by atoms with Crippen molar-refractivity contribution in [2.75, 3.05) is 33.3 Å². The normalized spacial score (nSPS) is 16.0. The second-order valence-corrected chi connectivity index (χ2v) is 4.91. The maximum Gasteiger partial charge on any atom is 0.273 e. The van der Waals surface area contributed by atoms with Gasteiger partial charge in [-0.2, -0.15) is 0 Å². The zero-order chi connectivity index (χ0) is 16.3. The molecule has 24 heavy (non-hydrogen) atoms. The van der Waals surface area contributed by atoms with E-state index in [-0.39, 0.29) is 36.1 Å². The molecule has 1 aromatic rings. The standard InChI is InChI=1S/C13H17F2N3O4.2ClH/c1-22-10-7-8(18(20)21)6-9(12(10)19)11(13(14)15)17-4-2-16-3-5-17;;/h6-7,11,13,16,19H,2-5H2,1H3;2*1H/t11-;;/m0../s1. The van der Waals surface area contributed by atoms with Gasteiger partial charge in [-0.3, -0.25) is 15.0 Å². The van der Waals surface area contributed by atoms with Gasteiger partial charge in [-0.15, -0.1) is 24.8 Å². The van der Waals surface area contributed by atoms with Crippen LogP contribution in [0.25, 0.3) is 0 Å². The topological polar surface area (TPSA) is 87.9 Å². The van der Waals surface area contributed by atoms with Crippen LogP contribution >= 0.6 is 24.8 Å². The van der Waals surface area contributed by atoms with Gasteiger partial charge in [0.15, 0.2) is 11.5 Å². The van der Waals surface area contributed by atoms with E-state index in [0.717, 1.165) is 12.1 Å². The highest BCUT2D eigenvalue weighted by Crippen LogP contribution is 2.41. The number of methoxy groups -OCH3 is 1. The molecule has 1 aromatic carbocycles. The Morgan fingerprint density at radius 1 is 1.33 bits per heavy atom. The third kappa shape index (κ3) is 4.79. The minimum atomic E-state index is -2.80. The lowest BCUT2D eigenvalue weighted by atomic mass is 10.0. The Balaban J connectivity index is 0.00000264. The molecule has 138 valence electrons. The van der Waals surface area contributed by atoms with Crippen molar-refractivity contribution in [2.45, 2.75) is 12.5 Å². The van der Waals surface area contributed by atoms with E-state index in [2.05, 4.69) is 5.32 Å². The molecule has 0 radical (unpaired) electrons. The molecule has 0 aromatic heterocycles. The maximum atomic E-state index is 13.5. The van der Waals surface area contributed by atoms with Gasteiger partial charge < -0.3 is 15.2 Å². The van der Waals surface area contributed by atoms with Crippen molar-refractivity contribution in [1.29, 1.82) is 0 Å². The third-order valence-electron chi connectivity index (χ3n) is 3.62. The molecule has 2 rings (SSSR count). The SMILES string of the molecule is COc1cc([N+](=O)[O-])cc([C@@H](C(F)F)N2CCNCC2)c1O.Cl.Cl. The number of halogens is 4. The Labute approximate surface area is 149 Å². The quantitative estimate of drug-likeness (QED) is 0.593. The molecule has 1 fully saturated rings. The summed E-state index contributed by atoms with van der Waals surface area (Å²) in [4.78, 5) is 11.8. The number of hydrogen-bond acceptors (Lipinski definition) is 6. The number of aromatic hydroxyl groups is 1. The second-order valence-electron chi connectivity index (χ2n) is 4.91. The zero-order valence-corrected chi connectivity index (χ0v) is 14.4. The summed E-state index contributed by atoms with van der Waals surface area (Å²) in [6, 6.07) is 0.575. The highest BCUT2D eigenvalue weighted by atomic mass is 35.5. The van der Waals surface area contributed by atoms with Gasteiger partial charge in [0.05, 0.1) is 18.1 Å². The van der Waals surface area contributed by atoms with E-state index in [1.54, 1.807) is 0 Å². The smallest absolute Gasteiger partial charge is 0.273 e. The Kier molecular flexibility index (Phi) is 9.20. The monoisotopic (exact) mass is 389 g/mol. The van der Waals surface area contributed by atoms with E-state index in [1.165, 1.54) is 12.0 Å². The van der Waals surface area contributed by atoms with Gasteiger partial charge in [-0.1, -0.05) is 0 Å². The van der Waals surface area contributed by atoms with Crippen LogP contribution in [0.1, 0.15) is 11.6 Å². The van der Waals surface area contributed by atoms with Crippen LogP contribution in [0.3, 0.4) is 0 Å². The maximum absolute atomic E-state index is 13.5. The largest absolute Gasteiger partial charge is 0.504 e. The molecule has 1 heterocycles. The predicted molar refractivity (Wildman–Crippen MR) is 89.0 cm³/mol. The summed E-state index contributed by atoms with van der Waals surface area (Å²) in [7, 11) is 1.21. The van der Waals surface area contributed by atoms with Crippen molar-refractivity contribution in [2.24, 2.45) is 0 Å². The number of benzene rings is 1. The number of rotatable bonds is 5. The number of nitro benzene ring substituents is 1. The molecule has 0 saturated carbocycles. The molecule has 0 spiro atoms. The number of phenols is 1. The molecule has 7 nitrogen and oxygen atoms in total. The number of non-ortho nitro benzene ring substituents is 1. The first kappa shape index (κ1) is 22.6. The molecule has 11 heteroatoms. The molecule has 0 amide bonds. The van der Waals surface area contributed by atoms with Gasteiger partial charge in [0.25, 0.3) is 12.1 Å². The lowest BCUT2D eigenvalue weighted by molar-refractivity contribution is -0.385. The highest BCUT2D eigenvalue weighted by Gasteiger charge is 2.34. The summed E-state index contributed by atoms with van der Waals surface area (Å²) < 4.78 is 31.9. The Hall–Kier alpha value is -1.42. The number of nitrogens with zero attached hydrogens (tertiary/aromatic N) is 2. The summed E-state index contributed by atoms with van der Waals surface area (Å²) in [5.41, 5.74) is -0.589. The van der Waals surface area contributed by atoms with Crippen molar-refractivity contribution in [1.82, 2.24) is 10.2 Å². The van der Waals surface area contributed by atoms with Crippen molar-refractivity contribution < 1.29 is 23.5 Å². The summed E-state index contributed by atoms with van der Waals surface area (Å²) in [6.45, 7) is 1.80.